The van der Waals surface area contributed by atoms with Gasteiger partial charge >= 0.3 is 0 Å². The van der Waals surface area contributed by atoms with Crippen molar-refractivity contribution in [1.29, 1.82) is 0 Å². The van der Waals surface area contributed by atoms with Crippen LogP contribution in [0.3, 0.4) is 0 Å². The lowest BCUT2D eigenvalue weighted by molar-refractivity contribution is 0.0818. The van der Waals surface area contributed by atoms with E-state index in [1.807, 2.05) is 6.20 Å². The molecule has 0 radical (unpaired) electrons. The fraction of sp³-hybridized carbons (Fsp3) is 0.389. The third-order valence-corrected chi connectivity index (χ3v) is 4.98. The first-order valence-electron chi connectivity index (χ1n) is 7.68. The molecule has 2 aromatic rings. The van der Waals surface area contributed by atoms with Crippen molar-refractivity contribution in [2.45, 2.75) is 23.8 Å². The highest BCUT2D eigenvalue weighted by atomic mass is 32.2. The SMILES string of the molecule is COC1CCN(c2ccc(-c3cccc(SC)c3)cn2)CC1. The van der Waals surface area contributed by atoms with Crippen molar-refractivity contribution in [2.75, 3.05) is 31.4 Å². The minimum absolute atomic E-state index is 0.407. The van der Waals surface area contributed by atoms with E-state index in [1.165, 1.54) is 16.0 Å². The van der Waals surface area contributed by atoms with Crippen LogP contribution >= 0.6 is 11.8 Å². The van der Waals surface area contributed by atoms with Gasteiger partial charge in [0.1, 0.15) is 5.82 Å². The average molecular weight is 314 g/mol. The Labute approximate surface area is 136 Å². The molecule has 3 nitrogen and oxygen atoms in total. The van der Waals surface area contributed by atoms with Gasteiger partial charge in [-0.3, -0.25) is 0 Å². The molecule has 0 atom stereocenters. The maximum Gasteiger partial charge on any atom is 0.128 e. The minimum atomic E-state index is 0.407. The van der Waals surface area contributed by atoms with Gasteiger partial charge in [-0.25, -0.2) is 4.98 Å². The van der Waals surface area contributed by atoms with Crippen molar-refractivity contribution >= 4 is 17.6 Å². The second-order valence-corrected chi connectivity index (χ2v) is 6.44. The molecule has 1 fully saturated rings. The Morgan fingerprint density at radius 2 is 1.95 bits per heavy atom. The van der Waals surface area contributed by atoms with E-state index in [0.29, 0.717) is 6.10 Å². The Bertz CT molecular complexity index is 607. The van der Waals surface area contributed by atoms with Gasteiger partial charge in [0.2, 0.25) is 0 Å². The Kier molecular flexibility index (Phi) is 5.01. The zero-order valence-electron chi connectivity index (χ0n) is 13.2. The second kappa shape index (κ2) is 7.16. The number of nitrogens with zero attached hydrogens (tertiary/aromatic N) is 2. The lowest BCUT2D eigenvalue weighted by atomic mass is 10.1. The van der Waals surface area contributed by atoms with Crippen LogP contribution in [0.25, 0.3) is 11.1 Å². The Morgan fingerprint density at radius 3 is 2.59 bits per heavy atom. The molecular formula is C18H22N2OS. The number of piperidine rings is 1. The van der Waals surface area contributed by atoms with Crippen LogP contribution in [0.4, 0.5) is 5.82 Å². The lowest BCUT2D eigenvalue weighted by Crippen LogP contribution is -2.37. The van der Waals surface area contributed by atoms with Crippen LogP contribution in [0.15, 0.2) is 47.5 Å². The first-order chi connectivity index (χ1) is 10.8. The third-order valence-electron chi connectivity index (χ3n) is 4.25. The number of rotatable bonds is 4. The van der Waals surface area contributed by atoms with Crippen LogP contribution in [-0.4, -0.2) is 37.5 Å². The highest BCUT2D eigenvalue weighted by Crippen LogP contribution is 2.26. The molecule has 0 aliphatic carbocycles. The van der Waals surface area contributed by atoms with Gasteiger partial charge in [-0.15, -0.1) is 11.8 Å². The summed E-state index contributed by atoms with van der Waals surface area (Å²) in [5.74, 6) is 1.07. The summed E-state index contributed by atoms with van der Waals surface area (Å²) in [5, 5.41) is 0. The average Bonchev–Trinajstić information content (AvgIpc) is 2.62. The number of benzene rings is 1. The summed E-state index contributed by atoms with van der Waals surface area (Å²) in [6.07, 6.45) is 6.65. The van der Waals surface area contributed by atoms with Crippen molar-refractivity contribution in [3.8, 4) is 11.1 Å². The molecule has 116 valence electrons. The third kappa shape index (κ3) is 3.45. The predicted molar refractivity (Wildman–Crippen MR) is 93.7 cm³/mol. The maximum absolute atomic E-state index is 5.43. The molecule has 22 heavy (non-hydrogen) atoms. The summed E-state index contributed by atoms with van der Waals surface area (Å²) in [6, 6.07) is 12.9. The van der Waals surface area contributed by atoms with Crippen LogP contribution in [0, 0.1) is 0 Å². The number of hydrogen-bond acceptors (Lipinski definition) is 4. The Morgan fingerprint density at radius 1 is 1.14 bits per heavy atom. The normalized spacial score (nSPS) is 16.0. The molecule has 2 heterocycles. The molecule has 1 saturated heterocycles. The minimum Gasteiger partial charge on any atom is -0.381 e. The van der Waals surface area contributed by atoms with Crippen LogP contribution in [0.5, 0.6) is 0 Å². The molecule has 0 amide bonds. The van der Waals surface area contributed by atoms with E-state index in [1.54, 1.807) is 18.9 Å². The van der Waals surface area contributed by atoms with Crippen LogP contribution in [0.1, 0.15) is 12.8 Å². The molecule has 0 unspecified atom stereocenters. The topological polar surface area (TPSA) is 25.4 Å². The molecule has 3 rings (SSSR count). The fourth-order valence-corrected chi connectivity index (χ4v) is 3.33. The number of thioether (sulfide) groups is 1. The molecular weight excluding hydrogens is 292 g/mol. The largest absolute Gasteiger partial charge is 0.381 e. The predicted octanol–water partition coefficient (Wildman–Crippen LogP) is 4.09. The lowest BCUT2D eigenvalue weighted by Gasteiger charge is -2.32. The molecule has 1 aromatic carbocycles. The van der Waals surface area contributed by atoms with E-state index in [9.17, 15) is 0 Å². The Balaban J connectivity index is 1.72. The second-order valence-electron chi connectivity index (χ2n) is 5.56. The number of anilines is 1. The smallest absolute Gasteiger partial charge is 0.128 e. The molecule has 1 aliphatic rings. The molecule has 1 aromatic heterocycles. The van der Waals surface area contributed by atoms with Gasteiger partial charge in [-0.05, 0) is 48.9 Å². The summed E-state index contributed by atoms with van der Waals surface area (Å²) < 4.78 is 5.43. The quantitative estimate of drug-likeness (QED) is 0.794. The van der Waals surface area contributed by atoms with E-state index < -0.39 is 0 Å². The van der Waals surface area contributed by atoms with Crippen molar-refractivity contribution in [2.24, 2.45) is 0 Å². The summed E-state index contributed by atoms with van der Waals surface area (Å²) in [6.45, 7) is 2.04. The Hall–Kier alpha value is -1.52. The molecule has 0 N–H and O–H groups in total. The van der Waals surface area contributed by atoms with Crippen molar-refractivity contribution in [3.63, 3.8) is 0 Å². The monoisotopic (exact) mass is 314 g/mol. The van der Waals surface area contributed by atoms with E-state index in [0.717, 1.165) is 31.7 Å². The molecule has 0 spiro atoms. The number of pyridine rings is 1. The van der Waals surface area contributed by atoms with Gasteiger partial charge < -0.3 is 9.64 Å². The summed E-state index contributed by atoms with van der Waals surface area (Å²) in [4.78, 5) is 8.29. The zero-order chi connectivity index (χ0) is 15.4. The van der Waals surface area contributed by atoms with Crippen LogP contribution < -0.4 is 4.90 Å². The van der Waals surface area contributed by atoms with Crippen LogP contribution in [0.2, 0.25) is 0 Å². The standard InChI is InChI=1S/C18H22N2OS/c1-21-16-8-10-20(11-9-16)18-7-6-15(13-19-18)14-4-3-5-17(12-14)22-2/h3-7,12-13,16H,8-11H2,1-2H3. The van der Waals surface area contributed by atoms with Gasteiger partial charge in [0.15, 0.2) is 0 Å². The van der Waals surface area contributed by atoms with E-state index in [4.69, 9.17) is 4.74 Å². The number of methoxy groups -OCH3 is 1. The molecule has 1 aliphatic heterocycles. The van der Waals surface area contributed by atoms with Gasteiger partial charge in [0, 0.05) is 36.9 Å². The van der Waals surface area contributed by atoms with E-state index >= 15 is 0 Å². The van der Waals surface area contributed by atoms with Gasteiger partial charge in [-0.2, -0.15) is 0 Å². The highest BCUT2D eigenvalue weighted by Gasteiger charge is 2.19. The van der Waals surface area contributed by atoms with Gasteiger partial charge in [0.25, 0.3) is 0 Å². The fourth-order valence-electron chi connectivity index (χ4n) is 2.87. The van der Waals surface area contributed by atoms with Crippen molar-refractivity contribution in [1.82, 2.24) is 4.98 Å². The molecule has 4 heteroatoms. The van der Waals surface area contributed by atoms with Crippen molar-refractivity contribution < 1.29 is 4.74 Å². The number of aromatic nitrogens is 1. The first-order valence-corrected chi connectivity index (χ1v) is 8.91. The van der Waals surface area contributed by atoms with Gasteiger partial charge in [-0.1, -0.05) is 12.1 Å². The van der Waals surface area contributed by atoms with Crippen molar-refractivity contribution in [3.05, 3.63) is 42.6 Å². The first kappa shape index (κ1) is 15.4. The number of hydrogen-bond donors (Lipinski definition) is 0. The highest BCUT2D eigenvalue weighted by molar-refractivity contribution is 7.98. The zero-order valence-corrected chi connectivity index (χ0v) is 14.0. The summed E-state index contributed by atoms with van der Waals surface area (Å²) >= 11 is 1.77. The summed E-state index contributed by atoms with van der Waals surface area (Å²) in [5.41, 5.74) is 2.40. The maximum atomic E-state index is 5.43. The molecule has 0 bridgehead atoms. The van der Waals surface area contributed by atoms with E-state index in [2.05, 4.69) is 52.5 Å². The molecule has 0 saturated carbocycles. The van der Waals surface area contributed by atoms with Crippen LogP contribution in [-0.2, 0) is 4.74 Å². The number of ether oxygens (including phenoxy) is 1. The summed E-state index contributed by atoms with van der Waals surface area (Å²) in [7, 11) is 1.80. The van der Waals surface area contributed by atoms with E-state index in [-0.39, 0.29) is 0 Å². The van der Waals surface area contributed by atoms with Gasteiger partial charge in [0.05, 0.1) is 6.10 Å².